The maximum absolute atomic E-state index is 5.58. The van der Waals surface area contributed by atoms with Gasteiger partial charge in [-0.2, -0.15) is 0 Å². The minimum atomic E-state index is 0.534. The second kappa shape index (κ2) is 6.47. The molecule has 3 aromatic heterocycles. The fourth-order valence-corrected chi connectivity index (χ4v) is 1.77. The summed E-state index contributed by atoms with van der Waals surface area (Å²) in [4.78, 5) is 12.5. The van der Waals surface area contributed by atoms with E-state index in [1.807, 2.05) is 42.5 Å². The number of rotatable bonds is 5. The molecule has 0 saturated heterocycles. The zero-order chi connectivity index (χ0) is 14.3. The first-order chi connectivity index (χ1) is 10.4. The molecular formula is C16H14N4O. The smallest absolute Gasteiger partial charge is 0.219 e. The summed E-state index contributed by atoms with van der Waals surface area (Å²) in [6.07, 6.45) is 6.86. The van der Waals surface area contributed by atoms with Crippen LogP contribution in [-0.4, -0.2) is 15.0 Å². The second-order valence-electron chi connectivity index (χ2n) is 4.35. The Morgan fingerprint density at radius 2 is 1.90 bits per heavy atom. The first-order valence-electron chi connectivity index (χ1n) is 6.58. The van der Waals surface area contributed by atoms with Crippen LogP contribution in [0.5, 0.6) is 11.6 Å². The van der Waals surface area contributed by atoms with Gasteiger partial charge in [0.1, 0.15) is 5.75 Å². The summed E-state index contributed by atoms with van der Waals surface area (Å²) >= 11 is 0. The molecule has 0 amide bonds. The lowest BCUT2D eigenvalue weighted by atomic mass is 10.3. The Kier molecular flexibility index (Phi) is 4.02. The lowest BCUT2D eigenvalue weighted by molar-refractivity contribution is 0.461. The molecule has 21 heavy (non-hydrogen) atoms. The molecule has 5 nitrogen and oxygen atoms in total. The quantitative estimate of drug-likeness (QED) is 0.776. The van der Waals surface area contributed by atoms with E-state index in [2.05, 4.69) is 20.3 Å². The Balaban J connectivity index is 1.59. The third-order valence-corrected chi connectivity index (χ3v) is 2.79. The fraction of sp³-hybridized carbons (Fsp3) is 0.0625. The number of hydrogen-bond donors (Lipinski definition) is 1. The largest absolute Gasteiger partial charge is 0.437 e. The fourth-order valence-electron chi connectivity index (χ4n) is 1.77. The average Bonchev–Trinajstić information content (AvgIpc) is 2.56. The number of nitrogens with one attached hydrogen (secondary N) is 1. The summed E-state index contributed by atoms with van der Waals surface area (Å²) in [5, 5.41) is 3.26. The standard InChI is InChI=1S/C16H14N4O/c1-2-9-18-13(4-1)10-19-14-6-7-16(20-11-14)21-15-5-3-8-17-12-15/h1-9,11-12,19H,10H2. The highest BCUT2D eigenvalue weighted by Gasteiger charge is 1.99. The first kappa shape index (κ1) is 13.1. The predicted octanol–water partition coefficient (Wildman–Crippen LogP) is 3.28. The van der Waals surface area contributed by atoms with E-state index in [9.17, 15) is 0 Å². The molecule has 0 aliphatic heterocycles. The SMILES string of the molecule is c1ccc(CNc2ccc(Oc3cccnc3)nc2)nc1. The van der Waals surface area contributed by atoms with E-state index in [1.165, 1.54) is 0 Å². The molecule has 0 fully saturated rings. The average molecular weight is 278 g/mol. The van der Waals surface area contributed by atoms with Gasteiger partial charge in [-0.3, -0.25) is 9.97 Å². The normalized spacial score (nSPS) is 10.1. The van der Waals surface area contributed by atoms with Crippen LogP contribution >= 0.6 is 0 Å². The van der Waals surface area contributed by atoms with Crippen molar-refractivity contribution in [3.63, 3.8) is 0 Å². The van der Waals surface area contributed by atoms with E-state index in [0.29, 0.717) is 18.2 Å². The minimum absolute atomic E-state index is 0.534. The Morgan fingerprint density at radius 1 is 0.905 bits per heavy atom. The van der Waals surface area contributed by atoms with Gasteiger partial charge in [-0.05, 0) is 30.3 Å². The van der Waals surface area contributed by atoms with Crippen molar-refractivity contribution in [2.24, 2.45) is 0 Å². The number of aromatic nitrogens is 3. The van der Waals surface area contributed by atoms with Crippen LogP contribution in [0.25, 0.3) is 0 Å². The molecule has 1 N–H and O–H groups in total. The third kappa shape index (κ3) is 3.76. The van der Waals surface area contributed by atoms with Crippen molar-refractivity contribution in [3.05, 3.63) is 72.9 Å². The van der Waals surface area contributed by atoms with Crippen molar-refractivity contribution in [2.45, 2.75) is 6.54 Å². The summed E-state index contributed by atoms with van der Waals surface area (Å²) in [6, 6.07) is 13.2. The third-order valence-electron chi connectivity index (χ3n) is 2.79. The van der Waals surface area contributed by atoms with Crippen molar-refractivity contribution in [1.82, 2.24) is 15.0 Å². The van der Waals surface area contributed by atoms with Crippen molar-refractivity contribution < 1.29 is 4.74 Å². The Labute approximate surface area is 122 Å². The summed E-state index contributed by atoms with van der Waals surface area (Å²) in [7, 11) is 0. The van der Waals surface area contributed by atoms with Gasteiger partial charge in [-0.1, -0.05) is 6.07 Å². The maximum Gasteiger partial charge on any atom is 0.219 e. The molecule has 0 saturated carbocycles. The van der Waals surface area contributed by atoms with Crippen LogP contribution in [0.1, 0.15) is 5.69 Å². The molecule has 0 aromatic carbocycles. The van der Waals surface area contributed by atoms with Gasteiger partial charge >= 0.3 is 0 Å². The van der Waals surface area contributed by atoms with Crippen LogP contribution in [0.4, 0.5) is 5.69 Å². The highest BCUT2D eigenvalue weighted by atomic mass is 16.5. The molecule has 5 heteroatoms. The molecule has 104 valence electrons. The Bertz CT molecular complexity index is 672. The molecule has 0 unspecified atom stereocenters. The minimum Gasteiger partial charge on any atom is -0.437 e. The molecule has 0 atom stereocenters. The molecule has 0 bridgehead atoms. The van der Waals surface area contributed by atoms with Crippen molar-refractivity contribution in [3.8, 4) is 11.6 Å². The number of anilines is 1. The number of hydrogen-bond acceptors (Lipinski definition) is 5. The highest BCUT2D eigenvalue weighted by Crippen LogP contribution is 2.19. The lowest BCUT2D eigenvalue weighted by Gasteiger charge is -2.07. The maximum atomic E-state index is 5.58. The van der Waals surface area contributed by atoms with E-state index in [0.717, 1.165) is 11.4 Å². The molecule has 0 radical (unpaired) electrons. The molecule has 0 aliphatic carbocycles. The van der Waals surface area contributed by atoms with Crippen molar-refractivity contribution >= 4 is 5.69 Å². The van der Waals surface area contributed by atoms with Crippen LogP contribution in [0.15, 0.2) is 67.3 Å². The number of nitrogens with zero attached hydrogens (tertiary/aromatic N) is 3. The number of pyridine rings is 3. The Morgan fingerprint density at radius 3 is 2.62 bits per heavy atom. The highest BCUT2D eigenvalue weighted by molar-refractivity contribution is 5.42. The zero-order valence-electron chi connectivity index (χ0n) is 11.3. The number of ether oxygens (including phenoxy) is 1. The van der Waals surface area contributed by atoms with Gasteiger partial charge in [-0.15, -0.1) is 0 Å². The van der Waals surface area contributed by atoms with Gasteiger partial charge in [0.25, 0.3) is 0 Å². The van der Waals surface area contributed by atoms with Crippen LogP contribution in [0.3, 0.4) is 0 Å². The van der Waals surface area contributed by atoms with Gasteiger partial charge in [0.05, 0.1) is 30.3 Å². The zero-order valence-corrected chi connectivity index (χ0v) is 11.3. The van der Waals surface area contributed by atoms with Gasteiger partial charge < -0.3 is 10.1 Å². The molecule has 3 rings (SSSR count). The molecule has 3 aromatic rings. The van der Waals surface area contributed by atoms with Gasteiger partial charge in [-0.25, -0.2) is 4.98 Å². The van der Waals surface area contributed by atoms with Crippen LogP contribution < -0.4 is 10.1 Å². The van der Waals surface area contributed by atoms with E-state index >= 15 is 0 Å². The van der Waals surface area contributed by atoms with Crippen LogP contribution in [0, 0.1) is 0 Å². The van der Waals surface area contributed by atoms with Crippen LogP contribution in [-0.2, 0) is 6.54 Å². The van der Waals surface area contributed by atoms with Crippen molar-refractivity contribution in [1.29, 1.82) is 0 Å². The van der Waals surface area contributed by atoms with Gasteiger partial charge in [0.15, 0.2) is 0 Å². The van der Waals surface area contributed by atoms with Gasteiger partial charge in [0.2, 0.25) is 5.88 Å². The molecule has 0 spiro atoms. The molecular weight excluding hydrogens is 264 g/mol. The summed E-state index contributed by atoms with van der Waals surface area (Å²) in [5.74, 6) is 1.20. The summed E-state index contributed by atoms with van der Waals surface area (Å²) in [5.41, 5.74) is 1.90. The lowest BCUT2D eigenvalue weighted by Crippen LogP contribution is -2.01. The van der Waals surface area contributed by atoms with E-state index in [1.54, 1.807) is 24.8 Å². The van der Waals surface area contributed by atoms with E-state index in [-0.39, 0.29) is 0 Å². The summed E-state index contributed by atoms with van der Waals surface area (Å²) in [6.45, 7) is 0.658. The second-order valence-corrected chi connectivity index (χ2v) is 4.35. The topological polar surface area (TPSA) is 59.9 Å². The van der Waals surface area contributed by atoms with Crippen LogP contribution in [0.2, 0.25) is 0 Å². The van der Waals surface area contributed by atoms with E-state index < -0.39 is 0 Å². The molecule has 3 heterocycles. The van der Waals surface area contributed by atoms with Gasteiger partial charge in [0, 0.05) is 18.5 Å². The summed E-state index contributed by atoms with van der Waals surface area (Å²) < 4.78 is 5.58. The monoisotopic (exact) mass is 278 g/mol. The first-order valence-corrected chi connectivity index (χ1v) is 6.58. The molecule has 0 aliphatic rings. The predicted molar refractivity (Wildman–Crippen MR) is 80.1 cm³/mol. The van der Waals surface area contributed by atoms with Crippen molar-refractivity contribution in [2.75, 3.05) is 5.32 Å². The Hall–Kier alpha value is -2.95. The van der Waals surface area contributed by atoms with E-state index in [4.69, 9.17) is 4.74 Å².